The molecule has 25 heavy (non-hydrogen) atoms. The molecule has 1 heterocycles. The van der Waals surface area contributed by atoms with Crippen LogP contribution in [-0.2, 0) is 16.4 Å². The van der Waals surface area contributed by atoms with Crippen molar-refractivity contribution in [2.75, 3.05) is 30.2 Å². The zero-order chi connectivity index (χ0) is 18.8. The second kappa shape index (κ2) is 7.74. The van der Waals surface area contributed by atoms with Crippen LogP contribution in [0.2, 0.25) is 0 Å². The number of hydrogen-bond acceptors (Lipinski definition) is 4. The van der Waals surface area contributed by atoms with Crippen molar-refractivity contribution in [2.24, 2.45) is 0 Å². The van der Waals surface area contributed by atoms with E-state index in [1.165, 1.54) is 10.6 Å². The lowest BCUT2D eigenvalue weighted by Crippen LogP contribution is -2.42. The van der Waals surface area contributed by atoms with Gasteiger partial charge in [-0.1, -0.05) is 13.8 Å². The molecule has 1 amide bonds. The Kier molecular flexibility index (Phi) is 6.11. The Morgan fingerprint density at radius 2 is 2.00 bits per heavy atom. The number of anilines is 1. The third-order valence-corrected chi connectivity index (χ3v) is 6.12. The maximum atomic E-state index is 12.4. The highest BCUT2D eigenvalue weighted by atomic mass is 32.2. The monoisotopic (exact) mass is 367 g/mol. The third kappa shape index (κ3) is 4.33. The summed E-state index contributed by atoms with van der Waals surface area (Å²) < 4.78 is 25.4. The van der Waals surface area contributed by atoms with E-state index in [0.717, 1.165) is 18.7 Å². The van der Waals surface area contributed by atoms with Crippen molar-refractivity contribution in [1.82, 2.24) is 10.2 Å². The lowest BCUT2D eigenvalue weighted by atomic mass is 10.1. The zero-order valence-corrected chi connectivity index (χ0v) is 16.6. The van der Waals surface area contributed by atoms with Gasteiger partial charge in [0.1, 0.15) is 0 Å². The molecule has 0 saturated heterocycles. The molecular formula is C18H29N3O3S. The van der Waals surface area contributed by atoms with Gasteiger partial charge in [0.2, 0.25) is 10.0 Å². The molecule has 0 fully saturated rings. The molecule has 1 aromatic rings. The van der Waals surface area contributed by atoms with Crippen LogP contribution in [0, 0.1) is 0 Å². The van der Waals surface area contributed by atoms with Crippen LogP contribution in [-0.4, -0.2) is 57.2 Å². The second-order valence-corrected chi connectivity index (χ2v) is 8.60. The Balaban J connectivity index is 2.10. The van der Waals surface area contributed by atoms with E-state index in [4.69, 9.17) is 0 Å². The van der Waals surface area contributed by atoms with Crippen molar-refractivity contribution in [2.45, 2.75) is 46.2 Å². The van der Waals surface area contributed by atoms with Crippen LogP contribution in [0.3, 0.4) is 0 Å². The summed E-state index contributed by atoms with van der Waals surface area (Å²) in [6.45, 7) is 10.7. The number of amides is 1. The summed E-state index contributed by atoms with van der Waals surface area (Å²) in [5, 5.41) is 2.98. The van der Waals surface area contributed by atoms with E-state index >= 15 is 0 Å². The number of benzene rings is 1. The number of nitrogens with zero attached hydrogens (tertiary/aromatic N) is 2. The fraction of sp³-hybridized carbons (Fsp3) is 0.611. The fourth-order valence-electron chi connectivity index (χ4n) is 3.57. The summed E-state index contributed by atoms with van der Waals surface area (Å²) in [5.74, 6) is -0.118. The van der Waals surface area contributed by atoms with Gasteiger partial charge in [-0.3, -0.25) is 14.0 Å². The minimum Gasteiger partial charge on any atom is -0.350 e. The van der Waals surface area contributed by atoms with Gasteiger partial charge in [0.25, 0.3) is 5.91 Å². The van der Waals surface area contributed by atoms with Crippen molar-refractivity contribution in [3.05, 3.63) is 29.3 Å². The van der Waals surface area contributed by atoms with E-state index < -0.39 is 10.0 Å². The van der Waals surface area contributed by atoms with Gasteiger partial charge in [-0.05, 0) is 57.1 Å². The Bertz CT molecular complexity index is 729. The molecule has 1 N–H and O–H groups in total. The van der Waals surface area contributed by atoms with Crippen LogP contribution in [0.4, 0.5) is 5.69 Å². The lowest BCUT2D eigenvalue weighted by Gasteiger charge is -2.26. The van der Waals surface area contributed by atoms with E-state index in [1.807, 2.05) is 13.0 Å². The van der Waals surface area contributed by atoms with Gasteiger partial charge < -0.3 is 5.32 Å². The maximum Gasteiger partial charge on any atom is 0.251 e. The molecule has 0 bridgehead atoms. The van der Waals surface area contributed by atoms with Gasteiger partial charge in [0.05, 0.1) is 11.9 Å². The molecule has 0 saturated carbocycles. The van der Waals surface area contributed by atoms with E-state index in [2.05, 4.69) is 31.0 Å². The highest BCUT2D eigenvalue weighted by molar-refractivity contribution is 7.92. The topological polar surface area (TPSA) is 69.7 Å². The average molecular weight is 368 g/mol. The van der Waals surface area contributed by atoms with Crippen molar-refractivity contribution in [3.8, 4) is 0 Å². The minimum absolute atomic E-state index is 0.118. The lowest BCUT2D eigenvalue weighted by molar-refractivity contribution is 0.0938. The summed E-state index contributed by atoms with van der Waals surface area (Å²) in [5.41, 5.74) is 2.17. The number of nitrogens with one attached hydrogen (secondary N) is 1. The van der Waals surface area contributed by atoms with E-state index in [-0.39, 0.29) is 18.0 Å². The molecule has 2 atom stereocenters. The number of rotatable bonds is 7. The first-order chi connectivity index (χ1) is 11.7. The highest BCUT2D eigenvalue weighted by Gasteiger charge is 2.32. The molecule has 0 aromatic heterocycles. The first-order valence-corrected chi connectivity index (χ1v) is 10.7. The molecule has 140 valence electrons. The Morgan fingerprint density at radius 1 is 1.36 bits per heavy atom. The largest absolute Gasteiger partial charge is 0.350 e. The number of fused-ring (bicyclic) bond motifs is 1. The van der Waals surface area contributed by atoms with E-state index in [9.17, 15) is 13.2 Å². The van der Waals surface area contributed by atoms with Crippen LogP contribution >= 0.6 is 0 Å². The van der Waals surface area contributed by atoms with Crippen molar-refractivity contribution in [1.29, 1.82) is 0 Å². The van der Waals surface area contributed by atoms with E-state index in [0.29, 0.717) is 24.2 Å². The third-order valence-electron chi connectivity index (χ3n) is 4.85. The normalized spacial score (nSPS) is 18.3. The van der Waals surface area contributed by atoms with Crippen molar-refractivity contribution in [3.63, 3.8) is 0 Å². The molecule has 7 heteroatoms. The number of hydrogen-bond donors (Lipinski definition) is 1. The molecule has 0 radical (unpaired) electrons. The summed E-state index contributed by atoms with van der Waals surface area (Å²) in [7, 11) is -3.31. The second-order valence-electron chi connectivity index (χ2n) is 6.74. The molecule has 1 aliphatic heterocycles. The average Bonchev–Trinajstić information content (AvgIpc) is 2.88. The Morgan fingerprint density at radius 3 is 2.56 bits per heavy atom. The standard InChI is InChI=1S/C18H29N3O3S/c1-6-20(7-2)14(4)12-19-18(22)15-8-9-17-16(11-15)10-13(3)21(17)25(5,23)24/h8-9,11,13-14H,6-7,10,12H2,1-5H3,(H,19,22). The molecule has 1 aliphatic rings. The van der Waals surface area contributed by atoms with Gasteiger partial charge in [-0.25, -0.2) is 8.42 Å². The predicted octanol–water partition coefficient (Wildman–Crippen LogP) is 1.86. The number of sulfonamides is 1. The van der Waals surface area contributed by atoms with Gasteiger partial charge >= 0.3 is 0 Å². The Labute approximate surface area is 151 Å². The van der Waals surface area contributed by atoms with Crippen LogP contribution < -0.4 is 9.62 Å². The fourth-order valence-corrected chi connectivity index (χ4v) is 4.83. The molecule has 2 rings (SSSR count). The van der Waals surface area contributed by atoms with Gasteiger partial charge in [0.15, 0.2) is 0 Å². The van der Waals surface area contributed by atoms with Crippen LogP contribution in [0.1, 0.15) is 43.6 Å². The highest BCUT2D eigenvalue weighted by Crippen LogP contribution is 2.34. The predicted molar refractivity (Wildman–Crippen MR) is 102 cm³/mol. The minimum atomic E-state index is -3.31. The number of carbonyl (C=O) groups excluding carboxylic acids is 1. The first kappa shape index (κ1) is 19.7. The van der Waals surface area contributed by atoms with Gasteiger partial charge in [-0.15, -0.1) is 0 Å². The molecule has 0 spiro atoms. The summed E-state index contributed by atoms with van der Waals surface area (Å²) >= 11 is 0. The smallest absolute Gasteiger partial charge is 0.251 e. The maximum absolute atomic E-state index is 12.4. The molecule has 0 aliphatic carbocycles. The van der Waals surface area contributed by atoms with Crippen LogP contribution in [0.5, 0.6) is 0 Å². The summed E-state index contributed by atoms with van der Waals surface area (Å²) in [6.07, 6.45) is 1.84. The molecule has 2 unspecified atom stereocenters. The SMILES string of the molecule is CCN(CC)C(C)CNC(=O)c1ccc2c(c1)CC(C)N2S(C)(=O)=O. The van der Waals surface area contributed by atoms with Crippen molar-refractivity contribution >= 4 is 21.6 Å². The molecule has 1 aromatic carbocycles. The van der Waals surface area contributed by atoms with E-state index in [1.54, 1.807) is 12.1 Å². The molecule has 6 nitrogen and oxygen atoms in total. The summed E-state index contributed by atoms with van der Waals surface area (Å²) in [6, 6.07) is 5.41. The molecular weight excluding hydrogens is 338 g/mol. The van der Waals surface area contributed by atoms with Crippen LogP contribution in [0.25, 0.3) is 0 Å². The zero-order valence-electron chi connectivity index (χ0n) is 15.7. The van der Waals surface area contributed by atoms with Crippen molar-refractivity contribution < 1.29 is 13.2 Å². The van der Waals surface area contributed by atoms with Crippen LogP contribution in [0.15, 0.2) is 18.2 Å². The number of carbonyl (C=O) groups is 1. The first-order valence-electron chi connectivity index (χ1n) is 8.83. The Hall–Kier alpha value is -1.60. The quantitative estimate of drug-likeness (QED) is 0.799. The van der Waals surface area contributed by atoms with Gasteiger partial charge in [0, 0.05) is 24.2 Å². The summed E-state index contributed by atoms with van der Waals surface area (Å²) in [4.78, 5) is 14.7. The number of likely N-dealkylation sites (N-methyl/N-ethyl adjacent to an activating group) is 1. The van der Waals surface area contributed by atoms with Gasteiger partial charge in [-0.2, -0.15) is 0 Å².